The highest BCUT2D eigenvalue weighted by Crippen LogP contribution is 2.38. The molecular formula is C27H20ClFN4O2. The summed E-state index contributed by atoms with van der Waals surface area (Å²) in [6, 6.07) is 18.6. The predicted molar refractivity (Wildman–Crippen MR) is 136 cm³/mol. The molecule has 0 atom stereocenters. The minimum Gasteiger partial charge on any atom is -0.296 e. The summed E-state index contributed by atoms with van der Waals surface area (Å²) in [7, 11) is 0. The van der Waals surface area contributed by atoms with E-state index in [1.54, 1.807) is 18.3 Å². The summed E-state index contributed by atoms with van der Waals surface area (Å²) in [5.41, 5.74) is 6.63. The fourth-order valence-corrected chi connectivity index (χ4v) is 4.38. The van der Waals surface area contributed by atoms with Gasteiger partial charge in [0.25, 0.3) is 0 Å². The van der Waals surface area contributed by atoms with Gasteiger partial charge in [0.1, 0.15) is 5.82 Å². The van der Waals surface area contributed by atoms with Gasteiger partial charge < -0.3 is 0 Å². The van der Waals surface area contributed by atoms with E-state index in [0.29, 0.717) is 17.3 Å². The first-order chi connectivity index (χ1) is 17.0. The molecule has 0 bridgehead atoms. The Labute approximate surface area is 204 Å². The van der Waals surface area contributed by atoms with Crippen LogP contribution in [0.2, 0.25) is 5.02 Å². The van der Waals surface area contributed by atoms with Gasteiger partial charge in [-0.15, -0.1) is 0 Å². The summed E-state index contributed by atoms with van der Waals surface area (Å²) in [6.45, 7) is 2.06. The van der Waals surface area contributed by atoms with E-state index in [1.165, 1.54) is 12.1 Å². The van der Waals surface area contributed by atoms with E-state index in [0.717, 1.165) is 44.3 Å². The number of aromatic amines is 2. The molecule has 0 radical (unpaired) electrons. The van der Waals surface area contributed by atoms with Gasteiger partial charge in [-0.3, -0.25) is 14.6 Å². The number of benzene rings is 3. The number of aromatic nitrogens is 4. The predicted octanol–water partition coefficient (Wildman–Crippen LogP) is 6.57. The van der Waals surface area contributed by atoms with Crippen LogP contribution in [0.3, 0.4) is 0 Å². The van der Waals surface area contributed by atoms with Gasteiger partial charge in [-0.05, 0) is 70.2 Å². The molecule has 5 rings (SSSR count). The van der Waals surface area contributed by atoms with Crippen LogP contribution in [0.15, 0.2) is 76.2 Å². The largest absolute Gasteiger partial charge is 0.439 e. The highest BCUT2D eigenvalue weighted by molar-refractivity contribution is 6.32. The van der Waals surface area contributed by atoms with Crippen LogP contribution >= 0.6 is 11.6 Å². The zero-order chi connectivity index (χ0) is 24.4. The van der Waals surface area contributed by atoms with Crippen molar-refractivity contribution in [2.24, 2.45) is 0 Å². The second kappa shape index (κ2) is 9.56. The Balaban J connectivity index is 1.63. The van der Waals surface area contributed by atoms with Crippen molar-refractivity contribution in [2.45, 2.75) is 13.3 Å². The molecule has 0 saturated carbocycles. The molecular weight excluding hydrogens is 467 g/mol. The van der Waals surface area contributed by atoms with E-state index < -0.39 is 5.76 Å². The number of nitrogens with one attached hydrogen (secondary N) is 2. The lowest BCUT2D eigenvalue weighted by molar-refractivity contribution is 0.385. The number of H-pyrrole nitrogens is 2. The molecule has 2 N–H and O–H groups in total. The first-order valence-electron chi connectivity index (χ1n) is 11.0. The SMILES string of the molecule is CCC(=C(c1ccc(C=Cc2noc(=O)[nH]2)cc1)c1ccc2[nH]ncc2c1)c1ccc(F)cc1Cl. The third-order valence-corrected chi connectivity index (χ3v) is 6.04. The Morgan fingerprint density at radius 3 is 2.57 bits per heavy atom. The average molecular weight is 487 g/mol. The van der Waals surface area contributed by atoms with Crippen LogP contribution in [0, 0.1) is 5.82 Å². The topological polar surface area (TPSA) is 87.6 Å². The van der Waals surface area contributed by atoms with E-state index in [1.807, 2.05) is 42.5 Å². The highest BCUT2D eigenvalue weighted by atomic mass is 35.5. The van der Waals surface area contributed by atoms with Gasteiger partial charge >= 0.3 is 5.76 Å². The molecule has 0 fully saturated rings. The summed E-state index contributed by atoms with van der Waals surface area (Å²) >= 11 is 6.49. The maximum absolute atomic E-state index is 13.8. The molecule has 0 aliphatic carbocycles. The van der Waals surface area contributed by atoms with Crippen molar-refractivity contribution in [3.8, 4) is 0 Å². The smallest absolute Gasteiger partial charge is 0.296 e. The zero-order valence-electron chi connectivity index (χ0n) is 18.7. The molecule has 0 spiro atoms. The summed E-state index contributed by atoms with van der Waals surface area (Å²) < 4.78 is 18.3. The van der Waals surface area contributed by atoms with Gasteiger partial charge in [0.15, 0.2) is 5.82 Å². The number of allylic oxidation sites excluding steroid dienone is 1. The van der Waals surface area contributed by atoms with Crippen LogP contribution in [0.4, 0.5) is 4.39 Å². The van der Waals surface area contributed by atoms with Gasteiger partial charge in [-0.25, -0.2) is 9.18 Å². The minimum absolute atomic E-state index is 0.340. The Kier molecular flexibility index (Phi) is 6.16. The number of hydrogen-bond donors (Lipinski definition) is 2. The molecule has 2 heterocycles. The van der Waals surface area contributed by atoms with E-state index in [-0.39, 0.29) is 5.82 Å². The van der Waals surface area contributed by atoms with Crippen LogP contribution < -0.4 is 5.76 Å². The van der Waals surface area contributed by atoms with Crippen LogP contribution in [0.25, 0.3) is 34.2 Å². The van der Waals surface area contributed by atoms with E-state index >= 15 is 0 Å². The molecule has 0 saturated heterocycles. The van der Waals surface area contributed by atoms with Crippen LogP contribution in [-0.2, 0) is 0 Å². The molecule has 5 aromatic rings. The Morgan fingerprint density at radius 1 is 1.06 bits per heavy atom. The number of rotatable bonds is 6. The number of halogens is 2. The summed E-state index contributed by atoms with van der Waals surface area (Å²) in [4.78, 5) is 13.6. The van der Waals surface area contributed by atoms with Gasteiger partial charge in [-0.2, -0.15) is 5.10 Å². The molecule has 2 aromatic heterocycles. The second-order valence-corrected chi connectivity index (χ2v) is 8.35. The molecule has 0 amide bonds. The van der Waals surface area contributed by atoms with Crippen molar-refractivity contribution < 1.29 is 8.91 Å². The zero-order valence-corrected chi connectivity index (χ0v) is 19.4. The summed E-state index contributed by atoms with van der Waals surface area (Å²) in [5, 5.41) is 12.1. The van der Waals surface area contributed by atoms with Crippen molar-refractivity contribution in [2.75, 3.05) is 0 Å². The molecule has 6 nitrogen and oxygen atoms in total. The quantitative estimate of drug-likeness (QED) is 0.266. The van der Waals surface area contributed by atoms with Crippen molar-refractivity contribution in [1.82, 2.24) is 20.3 Å². The molecule has 0 aliphatic heterocycles. The Bertz CT molecular complexity index is 1630. The summed E-state index contributed by atoms with van der Waals surface area (Å²) in [5.74, 6) is -0.636. The van der Waals surface area contributed by atoms with E-state index in [9.17, 15) is 9.18 Å². The molecule has 8 heteroatoms. The maximum atomic E-state index is 13.8. The monoisotopic (exact) mass is 486 g/mol. The van der Waals surface area contributed by atoms with Crippen molar-refractivity contribution >= 4 is 45.8 Å². The van der Waals surface area contributed by atoms with E-state index in [4.69, 9.17) is 11.6 Å². The third-order valence-electron chi connectivity index (χ3n) is 5.73. The van der Waals surface area contributed by atoms with Crippen LogP contribution in [0.5, 0.6) is 0 Å². The lowest BCUT2D eigenvalue weighted by Crippen LogP contribution is -1.96. The Hall–Kier alpha value is -4.23. The fraction of sp³-hybridized carbons (Fsp3) is 0.0741. The molecule has 35 heavy (non-hydrogen) atoms. The number of nitrogens with zero attached hydrogens (tertiary/aromatic N) is 2. The lowest BCUT2D eigenvalue weighted by atomic mass is 9.87. The average Bonchev–Trinajstić information content (AvgIpc) is 3.50. The third kappa shape index (κ3) is 4.72. The summed E-state index contributed by atoms with van der Waals surface area (Å²) in [6.07, 6.45) is 5.97. The molecule has 174 valence electrons. The van der Waals surface area contributed by atoms with Gasteiger partial charge in [0, 0.05) is 5.39 Å². The Morgan fingerprint density at radius 2 is 1.86 bits per heavy atom. The van der Waals surface area contributed by atoms with Crippen LogP contribution in [-0.4, -0.2) is 20.3 Å². The minimum atomic E-state index is -0.601. The first-order valence-corrected chi connectivity index (χ1v) is 11.4. The van der Waals surface area contributed by atoms with E-state index in [2.05, 4.69) is 37.9 Å². The molecule has 3 aromatic carbocycles. The van der Waals surface area contributed by atoms with Crippen molar-refractivity contribution in [1.29, 1.82) is 0 Å². The first kappa shape index (κ1) is 22.6. The molecule has 0 unspecified atom stereocenters. The lowest BCUT2D eigenvalue weighted by Gasteiger charge is -2.18. The van der Waals surface area contributed by atoms with Gasteiger partial charge in [0.05, 0.1) is 16.7 Å². The van der Waals surface area contributed by atoms with Crippen molar-refractivity contribution in [3.63, 3.8) is 0 Å². The van der Waals surface area contributed by atoms with Crippen LogP contribution in [0.1, 0.15) is 41.4 Å². The van der Waals surface area contributed by atoms with Gasteiger partial charge in [0.2, 0.25) is 0 Å². The maximum Gasteiger partial charge on any atom is 0.439 e. The van der Waals surface area contributed by atoms with Gasteiger partial charge in [-0.1, -0.05) is 66.2 Å². The standard InChI is InChI=1S/C27H20ClFN4O2/c1-2-21(22-10-9-20(29)14-23(22)28)26(18-8-11-24-19(13-18)15-30-32-24)17-6-3-16(4-7-17)5-12-25-31-27(34)35-33-25/h3-15H,2H2,1H3,(H,30,32)(H,31,33,34). The normalized spacial score (nSPS) is 12.4. The number of hydrogen-bond acceptors (Lipinski definition) is 4. The highest BCUT2D eigenvalue weighted by Gasteiger charge is 2.16. The van der Waals surface area contributed by atoms with Crippen molar-refractivity contribution in [3.05, 3.63) is 116 Å². The molecule has 0 aliphatic rings. The number of fused-ring (bicyclic) bond motifs is 1. The fourth-order valence-electron chi connectivity index (χ4n) is 4.10. The second-order valence-electron chi connectivity index (χ2n) is 7.94.